The third-order valence-corrected chi connectivity index (χ3v) is 4.50. The van der Waals surface area contributed by atoms with E-state index in [1.165, 1.54) is 23.5 Å². The Morgan fingerprint density at radius 3 is 2.81 bits per heavy atom. The second-order valence-electron chi connectivity index (χ2n) is 5.28. The first-order valence-electron chi connectivity index (χ1n) is 7.86. The van der Waals surface area contributed by atoms with Gasteiger partial charge < -0.3 is 24.5 Å². The van der Waals surface area contributed by atoms with Gasteiger partial charge in [-0.3, -0.25) is 0 Å². The molecule has 0 fully saturated rings. The molecule has 0 unspecified atom stereocenters. The van der Waals surface area contributed by atoms with Gasteiger partial charge >= 0.3 is 5.97 Å². The van der Waals surface area contributed by atoms with Crippen LogP contribution in [0.15, 0.2) is 46.0 Å². The van der Waals surface area contributed by atoms with E-state index in [1.54, 1.807) is 25.3 Å². The molecule has 0 saturated carbocycles. The number of hydrogen-bond donors (Lipinski definition) is 1. The highest BCUT2D eigenvalue weighted by Gasteiger charge is 2.14. The lowest BCUT2D eigenvalue weighted by Gasteiger charge is -2.07. The average molecular weight is 390 g/mol. The van der Waals surface area contributed by atoms with E-state index in [0.29, 0.717) is 34.0 Å². The van der Waals surface area contributed by atoms with Crippen LogP contribution in [0, 0.1) is 0 Å². The van der Waals surface area contributed by atoms with Crippen LogP contribution in [0.1, 0.15) is 22.1 Å². The van der Waals surface area contributed by atoms with Crippen molar-refractivity contribution in [2.24, 2.45) is 0 Å². The van der Waals surface area contributed by atoms with Gasteiger partial charge in [-0.2, -0.15) is 0 Å². The monoisotopic (exact) mass is 390 g/mol. The molecule has 2 aromatic heterocycles. The van der Waals surface area contributed by atoms with Gasteiger partial charge in [0, 0.05) is 6.07 Å². The molecular weight excluding hydrogens is 372 g/mol. The van der Waals surface area contributed by atoms with Crippen LogP contribution in [0.2, 0.25) is 0 Å². The summed E-state index contributed by atoms with van der Waals surface area (Å²) in [5.74, 6) is 8.48. The summed E-state index contributed by atoms with van der Waals surface area (Å²) in [5, 5.41) is 8.58. The standard InChI is InChI=1S/C17H18N4O5S/c1-23-11-4-3-5-12(8-11)25-9-15-19-20-17(21(15)18)27-10-13-6-7-14(26-13)16(22)24-2/h3-8H,9-10,18H2,1-2H3. The number of hydrogen-bond acceptors (Lipinski definition) is 9. The van der Waals surface area contributed by atoms with E-state index in [-0.39, 0.29) is 12.4 Å². The maximum absolute atomic E-state index is 11.4. The first-order chi connectivity index (χ1) is 13.1. The van der Waals surface area contributed by atoms with Gasteiger partial charge in [0.2, 0.25) is 10.9 Å². The number of nitrogen functional groups attached to an aromatic ring is 1. The second kappa shape index (κ2) is 8.49. The zero-order chi connectivity index (χ0) is 19.2. The lowest BCUT2D eigenvalue weighted by atomic mass is 10.3. The Bertz CT molecular complexity index is 924. The van der Waals surface area contributed by atoms with Crippen molar-refractivity contribution in [3.63, 3.8) is 0 Å². The quantitative estimate of drug-likeness (QED) is 0.351. The highest BCUT2D eigenvalue weighted by atomic mass is 32.2. The van der Waals surface area contributed by atoms with Crippen LogP contribution in [-0.2, 0) is 17.1 Å². The van der Waals surface area contributed by atoms with Gasteiger partial charge in [0.25, 0.3) is 0 Å². The topological polar surface area (TPSA) is 115 Å². The molecule has 3 rings (SSSR count). The van der Waals surface area contributed by atoms with Crippen LogP contribution in [-0.4, -0.2) is 35.1 Å². The maximum Gasteiger partial charge on any atom is 0.373 e. The number of nitrogens with two attached hydrogens (primary N) is 1. The molecule has 1 aromatic carbocycles. The second-order valence-corrected chi connectivity index (χ2v) is 6.23. The number of benzene rings is 1. The van der Waals surface area contributed by atoms with Crippen molar-refractivity contribution in [2.45, 2.75) is 17.5 Å². The predicted molar refractivity (Wildman–Crippen MR) is 97.1 cm³/mol. The molecule has 0 spiro atoms. The van der Waals surface area contributed by atoms with Crippen LogP contribution in [0.5, 0.6) is 11.5 Å². The van der Waals surface area contributed by atoms with Crippen molar-refractivity contribution in [3.8, 4) is 11.5 Å². The fraction of sp³-hybridized carbons (Fsp3) is 0.235. The molecule has 0 radical (unpaired) electrons. The number of rotatable bonds is 8. The number of aromatic nitrogens is 3. The number of esters is 1. The smallest absolute Gasteiger partial charge is 0.373 e. The molecule has 142 valence electrons. The molecule has 0 bridgehead atoms. The lowest BCUT2D eigenvalue weighted by Crippen LogP contribution is -2.15. The van der Waals surface area contributed by atoms with Crippen molar-refractivity contribution in [1.82, 2.24) is 14.9 Å². The first-order valence-corrected chi connectivity index (χ1v) is 8.85. The molecule has 0 atom stereocenters. The van der Waals surface area contributed by atoms with Gasteiger partial charge in [-0.05, 0) is 24.3 Å². The highest BCUT2D eigenvalue weighted by molar-refractivity contribution is 7.98. The van der Waals surface area contributed by atoms with E-state index in [2.05, 4.69) is 14.9 Å². The largest absolute Gasteiger partial charge is 0.497 e. The third-order valence-electron chi connectivity index (χ3n) is 3.54. The molecule has 9 nitrogen and oxygen atoms in total. The molecule has 2 heterocycles. The molecule has 0 aliphatic heterocycles. The summed E-state index contributed by atoms with van der Waals surface area (Å²) in [4.78, 5) is 11.4. The zero-order valence-electron chi connectivity index (χ0n) is 14.7. The van der Waals surface area contributed by atoms with Gasteiger partial charge in [-0.25, -0.2) is 9.47 Å². The number of ether oxygens (including phenoxy) is 3. The van der Waals surface area contributed by atoms with E-state index in [9.17, 15) is 4.79 Å². The van der Waals surface area contributed by atoms with E-state index in [1.807, 2.05) is 18.2 Å². The maximum atomic E-state index is 11.4. The van der Waals surface area contributed by atoms with Crippen molar-refractivity contribution >= 4 is 17.7 Å². The van der Waals surface area contributed by atoms with Crippen LogP contribution in [0.4, 0.5) is 0 Å². The Morgan fingerprint density at radius 1 is 1.22 bits per heavy atom. The first kappa shape index (κ1) is 18.6. The molecule has 0 saturated heterocycles. The van der Waals surface area contributed by atoms with Crippen LogP contribution in [0.3, 0.4) is 0 Å². The third kappa shape index (κ3) is 4.53. The summed E-state index contributed by atoms with van der Waals surface area (Å²) in [6.45, 7) is 0.157. The van der Waals surface area contributed by atoms with Gasteiger partial charge in [-0.15, -0.1) is 10.2 Å². The lowest BCUT2D eigenvalue weighted by molar-refractivity contribution is 0.0563. The van der Waals surface area contributed by atoms with Crippen molar-refractivity contribution in [1.29, 1.82) is 0 Å². The average Bonchev–Trinajstić information content (AvgIpc) is 3.31. The summed E-state index contributed by atoms with van der Waals surface area (Å²) in [6, 6.07) is 10.5. The van der Waals surface area contributed by atoms with Gasteiger partial charge in [0.15, 0.2) is 5.82 Å². The Morgan fingerprint density at radius 2 is 2.04 bits per heavy atom. The summed E-state index contributed by atoms with van der Waals surface area (Å²) < 4.78 is 22.2. The van der Waals surface area contributed by atoms with Crippen molar-refractivity contribution < 1.29 is 23.4 Å². The van der Waals surface area contributed by atoms with E-state index >= 15 is 0 Å². The fourth-order valence-electron chi connectivity index (χ4n) is 2.14. The SMILES string of the molecule is COC(=O)c1ccc(CSc2nnc(COc3cccc(OC)c3)n2N)o1. The molecule has 0 amide bonds. The number of methoxy groups -OCH3 is 2. The van der Waals surface area contributed by atoms with Crippen LogP contribution >= 0.6 is 11.8 Å². The molecule has 2 N–H and O–H groups in total. The number of furan rings is 1. The summed E-state index contributed by atoms with van der Waals surface area (Å²) in [5.41, 5.74) is 0. The van der Waals surface area contributed by atoms with Crippen molar-refractivity contribution in [2.75, 3.05) is 20.1 Å². The minimum absolute atomic E-state index is 0.148. The van der Waals surface area contributed by atoms with E-state index in [4.69, 9.17) is 19.7 Å². The molecule has 0 aliphatic carbocycles. The van der Waals surface area contributed by atoms with Crippen molar-refractivity contribution in [3.05, 3.63) is 53.7 Å². The molecule has 10 heteroatoms. The molecular formula is C17H18N4O5S. The molecule has 27 heavy (non-hydrogen) atoms. The van der Waals surface area contributed by atoms with Gasteiger partial charge in [0.05, 0.1) is 20.0 Å². The minimum Gasteiger partial charge on any atom is -0.497 e. The fourth-order valence-corrected chi connectivity index (χ4v) is 2.91. The van der Waals surface area contributed by atoms with Crippen LogP contribution in [0.25, 0.3) is 0 Å². The van der Waals surface area contributed by atoms with Gasteiger partial charge in [-0.1, -0.05) is 17.8 Å². The molecule has 0 aliphatic rings. The molecule has 3 aromatic rings. The number of nitrogens with zero attached hydrogens (tertiary/aromatic N) is 3. The normalized spacial score (nSPS) is 10.6. The summed E-state index contributed by atoms with van der Waals surface area (Å²) in [6.07, 6.45) is 0. The minimum atomic E-state index is -0.523. The summed E-state index contributed by atoms with van der Waals surface area (Å²) >= 11 is 1.32. The Labute approximate surface area is 159 Å². The van der Waals surface area contributed by atoms with Crippen LogP contribution < -0.4 is 15.3 Å². The van der Waals surface area contributed by atoms with E-state index in [0.717, 1.165) is 0 Å². The number of carbonyl (C=O) groups is 1. The summed E-state index contributed by atoms with van der Waals surface area (Å²) in [7, 11) is 2.89. The number of thioether (sulfide) groups is 1. The van der Waals surface area contributed by atoms with E-state index < -0.39 is 5.97 Å². The Hall–Kier alpha value is -3.14. The van der Waals surface area contributed by atoms with Gasteiger partial charge in [0.1, 0.15) is 23.9 Å². The zero-order valence-corrected chi connectivity index (χ0v) is 15.6. The Kier molecular flexibility index (Phi) is 5.87. The Balaban J connectivity index is 1.58. The highest BCUT2D eigenvalue weighted by Crippen LogP contribution is 2.23. The number of carbonyl (C=O) groups excluding carboxylic acids is 1. The predicted octanol–water partition coefficient (Wildman–Crippen LogP) is 2.25.